The average Bonchev–Trinajstić information content (AvgIpc) is 3.21. The lowest BCUT2D eigenvalue weighted by Gasteiger charge is -2.32. The molecule has 0 atom stereocenters. The molecule has 0 bridgehead atoms. The lowest BCUT2D eigenvalue weighted by molar-refractivity contribution is 0.00578. The second kappa shape index (κ2) is 7.70. The van der Waals surface area contributed by atoms with Crippen molar-refractivity contribution < 1.29 is 18.3 Å². The summed E-state index contributed by atoms with van der Waals surface area (Å²) in [6.45, 7) is 8.17. The van der Waals surface area contributed by atoms with Crippen LogP contribution in [-0.2, 0) is 19.0 Å². The van der Waals surface area contributed by atoms with Crippen LogP contribution in [0.5, 0.6) is 5.75 Å². The highest BCUT2D eigenvalue weighted by molar-refractivity contribution is 7.93. The number of benzene rings is 2. The molecule has 2 aromatic carbocycles. The molecule has 7 heteroatoms. The summed E-state index contributed by atoms with van der Waals surface area (Å²) in [6, 6.07) is 14.0. The van der Waals surface area contributed by atoms with E-state index >= 15 is 0 Å². The second-order valence-corrected chi connectivity index (χ2v) is 11.6. The molecule has 2 aliphatic rings. The predicted molar refractivity (Wildman–Crippen MR) is 123 cm³/mol. The second-order valence-electron chi connectivity index (χ2n) is 9.07. The van der Waals surface area contributed by atoms with E-state index in [1.807, 2.05) is 70.2 Å². The summed E-state index contributed by atoms with van der Waals surface area (Å²) in [4.78, 5) is 0. The number of ether oxygens (including phenoxy) is 1. The molecule has 0 aliphatic carbocycles. The normalized spacial score (nSPS) is 21.6. The first kappa shape index (κ1) is 21.4. The summed E-state index contributed by atoms with van der Waals surface area (Å²) in [5.41, 5.74) is 2.94. The molecule has 5 nitrogen and oxygen atoms in total. The standard InChI is InChI=1S/C23H30BNO4S/c1-22(2)23(3,4)29-24(28-22)20-13-10-18(16-21(20)27-5)17-8-11-19(12-9-17)25-30(26)14-6-7-15-30/h8-13,16H,6-7,14-15H2,1-5H3. The van der Waals surface area contributed by atoms with Gasteiger partial charge in [-0.25, -0.2) is 4.21 Å². The molecule has 0 aromatic heterocycles. The Morgan fingerprint density at radius 1 is 0.933 bits per heavy atom. The van der Waals surface area contributed by atoms with Crippen molar-refractivity contribution in [2.75, 3.05) is 18.6 Å². The summed E-state index contributed by atoms with van der Waals surface area (Å²) in [6.07, 6.45) is 2.02. The Bertz CT molecular complexity index is 1030. The van der Waals surface area contributed by atoms with Gasteiger partial charge in [0.25, 0.3) is 0 Å². The number of hydrogen-bond acceptors (Lipinski definition) is 5. The van der Waals surface area contributed by atoms with Crippen molar-refractivity contribution in [3.05, 3.63) is 42.5 Å². The van der Waals surface area contributed by atoms with Gasteiger partial charge in [-0.15, -0.1) is 0 Å². The Labute approximate surface area is 180 Å². The SMILES string of the molecule is COc1cc(-c2ccc(N=S3(=O)CCCC3)cc2)ccc1B1OC(C)(C)C(C)(C)O1. The van der Waals surface area contributed by atoms with Crippen molar-refractivity contribution in [3.63, 3.8) is 0 Å². The number of rotatable bonds is 4. The molecule has 0 radical (unpaired) electrons. The molecule has 30 heavy (non-hydrogen) atoms. The zero-order valence-corrected chi connectivity index (χ0v) is 19.3. The molecular formula is C23H30BNO4S. The molecule has 2 aliphatic heterocycles. The summed E-state index contributed by atoms with van der Waals surface area (Å²) >= 11 is 0. The van der Waals surface area contributed by atoms with Crippen LogP contribution in [0, 0.1) is 0 Å². The Balaban J connectivity index is 1.60. The summed E-state index contributed by atoms with van der Waals surface area (Å²) in [7, 11) is -0.861. The first-order valence-electron chi connectivity index (χ1n) is 10.5. The van der Waals surface area contributed by atoms with Gasteiger partial charge in [-0.1, -0.05) is 24.3 Å². The van der Waals surface area contributed by atoms with Crippen LogP contribution in [-0.4, -0.2) is 41.1 Å². The maximum atomic E-state index is 12.6. The van der Waals surface area contributed by atoms with Crippen LogP contribution in [0.3, 0.4) is 0 Å². The Morgan fingerprint density at radius 3 is 2.07 bits per heavy atom. The quantitative estimate of drug-likeness (QED) is 0.672. The predicted octanol–water partition coefficient (Wildman–Crippen LogP) is 4.55. The minimum atomic E-state index is -2.05. The largest absolute Gasteiger partial charge is 0.498 e. The van der Waals surface area contributed by atoms with Gasteiger partial charge in [0.15, 0.2) is 0 Å². The van der Waals surface area contributed by atoms with E-state index in [9.17, 15) is 4.21 Å². The molecule has 2 fully saturated rings. The van der Waals surface area contributed by atoms with Gasteiger partial charge in [0.05, 0.1) is 33.7 Å². The van der Waals surface area contributed by atoms with Crippen LogP contribution in [0.4, 0.5) is 5.69 Å². The number of hydrogen-bond donors (Lipinski definition) is 0. The van der Waals surface area contributed by atoms with Gasteiger partial charge in [-0.2, -0.15) is 4.36 Å². The molecule has 2 heterocycles. The monoisotopic (exact) mass is 427 g/mol. The van der Waals surface area contributed by atoms with Crippen molar-refractivity contribution in [1.29, 1.82) is 0 Å². The molecule has 160 valence electrons. The molecule has 0 saturated carbocycles. The van der Waals surface area contributed by atoms with Crippen molar-refractivity contribution in [3.8, 4) is 16.9 Å². The Morgan fingerprint density at radius 2 is 1.50 bits per heavy atom. The van der Waals surface area contributed by atoms with E-state index < -0.39 is 28.0 Å². The van der Waals surface area contributed by atoms with Gasteiger partial charge in [0, 0.05) is 17.0 Å². The molecule has 0 N–H and O–H groups in total. The zero-order chi connectivity index (χ0) is 21.6. The van der Waals surface area contributed by atoms with Gasteiger partial charge in [0.1, 0.15) is 5.75 Å². The van der Waals surface area contributed by atoms with E-state index in [0.717, 1.165) is 40.9 Å². The minimum absolute atomic E-state index is 0.402. The van der Waals surface area contributed by atoms with E-state index in [2.05, 4.69) is 4.36 Å². The first-order chi connectivity index (χ1) is 14.1. The summed E-state index contributed by atoms with van der Waals surface area (Å²) in [5, 5.41) is 0. The first-order valence-corrected chi connectivity index (χ1v) is 12.3. The molecule has 2 aromatic rings. The molecule has 4 rings (SSSR count). The van der Waals surface area contributed by atoms with Crippen molar-refractivity contribution >= 4 is 28.0 Å². The molecular weight excluding hydrogens is 397 g/mol. The van der Waals surface area contributed by atoms with E-state index in [4.69, 9.17) is 14.0 Å². The maximum Gasteiger partial charge on any atom is 0.498 e. The third-order valence-electron chi connectivity index (χ3n) is 6.39. The van der Waals surface area contributed by atoms with Crippen molar-refractivity contribution in [1.82, 2.24) is 0 Å². The molecule has 0 unspecified atom stereocenters. The average molecular weight is 427 g/mol. The smallest absolute Gasteiger partial charge is 0.497 e. The van der Waals surface area contributed by atoms with Crippen LogP contribution in [0.15, 0.2) is 46.8 Å². The fourth-order valence-electron chi connectivity index (χ4n) is 3.81. The van der Waals surface area contributed by atoms with Gasteiger partial charge >= 0.3 is 7.12 Å². The maximum absolute atomic E-state index is 12.6. The van der Waals surface area contributed by atoms with E-state index in [-0.39, 0.29) is 0 Å². The van der Waals surface area contributed by atoms with E-state index in [0.29, 0.717) is 11.5 Å². The number of methoxy groups -OCH3 is 1. The van der Waals surface area contributed by atoms with Gasteiger partial charge in [0.2, 0.25) is 0 Å². The van der Waals surface area contributed by atoms with Crippen LogP contribution in [0.2, 0.25) is 0 Å². The Hall–Kier alpha value is -1.83. The van der Waals surface area contributed by atoms with Gasteiger partial charge < -0.3 is 14.0 Å². The summed E-state index contributed by atoms with van der Waals surface area (Å²) in [5.74, 6) is 2.16. The fraction of sp³-hybridized carbons (Fsp3) is 0.478. The van der Waals surface area contributed by atoms with Crippen molar-refractivity contribution in [2.24, 2.45) is 4.36 Å². The van der Waals surface area contributed by atoms with Crippen LogP contribution >= 0.6 is 0 Å². The highest BCUT2D eigenvalue weighted by Gasteiger charge is 2.52. The van der Waals surface area contributed by atoms with Crippen LogP contribution < -0.4 is 10.2 Å². The van der Waals surface area contributed by atoms with Crippen LogP contribution in [0.1, 0.15) is 40.5 Å². The van der Waals surface area contributed by atoms with E-state index in [1.54, 1.807) is 7.11 Å². The fourth-order valence-corrected chi connectivity index (χ4v) is 6.01. The lowest BCUT2D eigenvalue weighted by atomic mass is 9.77. The third-order valence-corrected chi connectivity index (χ3v) is 8.79. The highest BCUT2D eigenvalue weighted by Crippen LogP contribution is 2.37. The van der Waals surface area contributed by atoms with Gasteiger partial charge in [-0.05, 0) is 69.9 Å². The van der Waals surface area contributed by atoms with Crippen LogP contribution in [0.25, 0.3) is 11.1 Å². The highest BCUT2D eigenvalue weighted by atomic mass is 32.2. The summed E-state index contributed by atoms with van der Waals surface area (Å²) < 4.78 is 35.2. The number of nitrogens with zero attached hydrogens (tertiary/aromatic N) is 1. The zero-order valence-electron chi connectivity index (χ0n) is 18.4. The van der Waals surface area contributed by atoms with Crippen molar-refractivity contribution in [2.45, 2.75) is 51.7 Å². The third kappa shape index (κ3) is 4.03. The topological polar surface area (TPSA) is 57.1 Å². The van der Waals surface area contributed by atoms with E-state index in [1.165, 1.54) is 0 Å². The lowest BCUT2D eigenvalue weighted by Crippen LogP contribution is -2.41. The molecule has 2 saturated heterocycles. The molecule has 0 amide bonds. The molecule has 0 spiro atoms. The van der Waals surface area contributed by atoms with Gasteiger partial charge in [-0.3, -0.25) is 0 Å². The Kier molecular flexibility index (Phi) is 5.49. The minimum Gasteiger partial charge on any atom is -0.497 e.